The molecule has 1 N–H and O–H groups in total. The van der Waals surface area contributed by atoms with E-state index in [0.717, 1.165) is 11.3 Å². The number of ether oxygens (including phenoxy) is 1. The molecule has 1 aromatic heterocycles. The topological polar surface area (TPSA) is 77.5 Å². The third-order valence-electron chi connectivity index (χ3n) is 1.59. The number of aromatic nitrogens is 1. The van der Waals surface area contributed by atoms with E-state index in [9.17, 15) is 9.59 Å². The lowest BCUT2D eigenvalue weighted by Gasteiger charge is -2.18. The van der Waals surface area contributed by atoms with Crippen LogP contribution in [0.2, 0.25) is 0 Å². The fourth-order valence-electron chi connectivity index (χ4n) is 0.979. The maximum absolute atomic E-state index is 11.2. The predicted octanol–water partition coefficient (Wildman–Crippen LogP) is 3.11. The van der Waals surface area contributed by atoms with E-state index in [4.69, 9.17) is 16.3 Å². The van der Waals surface area contributed by atoms with Crippen LogP contribution in [0.3, 0.4) is 0 Å². The summed E-state index contributed by atoms with van der Waals surface area (Å²) in [6.45, 7) is 6.77. The first-order chi connectivity index (χ1) is 8.19. The Hall–Kier alpha value is -1.34. The van der Waals surface area contributed by atoms with E-state index < -0.39 is 17.0 Å². The van der Waals surface area contributed by atoms with Crippen molar-refractivity contribution in [2.24, 2.45) is 0 Å². The summed E-state index contributed by atoms with van der Waals surface area (Å²) in [5.74, 6) is 0. The maximum atomic E-state index is 11.2. The number of nitrogens with zero attached hydrogens (tertiary/aromatic N) is 1. The van der Waals surface area contributed by atoms with Gasteiger partial charge in [0.2, 0.25) is 5.13 Å². The molecule has 0 aromatic carbocycles. The minimum Gasteiger partial charge on any atom is -0.427 e. The zero-order chi connectivity index (χ0) is 13.9. The van der Waals surface area contributed by atoms with Crippen molar-refractivity contribution in [2.45, 2.75) is 33.3 Å². The van der Waals surface area contributed by atoms with E-state index in [1.54, 1.807) is 27.7 Å². The molecule has 0 atom stereocenters. The van der Waals surface area contributed by atoms with E-state index in [1.165, 1.54) is 0 Å². The van der Waals surface area contributed by atoms with Crippen molar-refractivity contribution in [2.75, 3.05) is 5.48 Å². The van der Waals surface area contributed by atoms with Crippen LogP contribution >= 0.6 is 22.9 Å². The molecular weight excluding hydrogens is 280 g/mol. The van der Waals surface area contributed by atoms with Crippen molar-refractivity contribution in [3.63, 3.8) is 0 Å². The summed E-state index contributed by atoms with van der Waals surface area (Å²) in [6, 6.07) is 0. The molecule has 0 aliphatic rings. The summed E-state index contributed by atoms with van der Waals surface area (Å²) in [7, 11) is 0. The minimum atomic E-state index is -0.880. The lowest BCUT2D eigenvalue weighted by Crippen LogP contribution is -2.25. The van der Waals surface area contributed by atoms with Crippen LogP contribution in [0.15, 0.2) is 0 Å². The van der Waals surface area contributed by atoms with Crippen LogP contribution in [0.5, 0.6) is 0 Å². The highest BCUT2D eigenvalue weighted by atomic mass is 35.5. The number of carbonyl (C=O) groups excluding carboxylic acids is 2. The Balaban J connectivity index is 2.57. The Labute approximate surface area is 113 Å². The van der Waals surface area contributed by atoms with Gasteiger partial charge in [-0.05, 0) is 39.3 Å². The Bertz CT molecular complexity index is 467. The van der Waals surface area contributed by atoms with Gasteiger partial charge in [0.05, 0.1) is 5.69 Å². The van der Waals surface area contributed by atoms with Crippen LogP contribution in [0.25, 0.3) is 0 Å². The van der Waals surface area contributed by atoms with Crippen molar-refractivity contribution in [3.05, 3.63) is 10.6 Å². The van der Waals surface area contributed by atoms with Gasteiger partial charge in [-0.2, -0.15) is 5.48 Å². The lowest BCUT2D eigenvalue weighted by atomic mass is 10.2. The first-order valence-electron chi connectivity index (χ1n) is 5.02. The number of rotatable bonds is 3. The molecule has 0 amide bonds. The first kappa shape index (κ1) is 14.7. The van der Waals surface area contributed by atoms with Crippen molar-refractivity contribution >= 4 is 39.5 Å². The molecule has 0 bridgehead atoms. The molecule has 0 radical (unpaired) electrons. The maximum Gasteiger partial charge on any atom is 0.533 e. The minimum absolute atomic E-state index is 0.252. The molecule has 0 unspecified atom stereocenters. The number of anilines is 1. The standard InChI is InChI=1S/C10H13ClN2O4S/c1-5-6(7(11)14)18-8(12-5)13-17-9(15)16-10(2,3)4/h1-4H3,(H,12,13). The van der Waals surface area contributed by atoms with Gasteiger partial charge in [-0.3, -0.25) is 4.79 Å². The van der Waals surface area contributed by atoms with Crippen LogP contribution in [-0.2, 0) is 9.57 Å². The monoisotopic (exact) mass is 292 g/mol. The number of hydrogen-bond donors (Lipinski definition) is 1. The number of thiazole rings is 1. The van der Waals surface area contributed by atoms with Gasteiger partial charge in [-0.1, -0.05) is 11.3 Å². The van der Waals surface area contributed by atoms with Crippen LogP contribution in [-0.4, -0.2) is 22.0 Å². The number of nitrogens with one attached hydrogen (secondary N) is 1. The van der Waals surface area contributed by atoms with Crippen LogP contribution in [0.4, 0.5) is 9.93 Å². The molecular formula is C10H13ClN2O4S. The average molecular weight is 293 g/mol. The van der Waals surface area contributed by atoms with Crippen molar-refractivity contribution in [3.8, 4) is 0 Å². The quantitative estimate of drug-likeness (QED) is 0.524. The number of halogens is 1. The summed E-state index contributed by atoms with van der Waals surface area (Å²) < 4.78 is 4.90. The largest absolute Gasteiger partial charge is 0.533 e. The molecule has 18 heavy (non-hydrogen) atoms. The normalized spacial score (nSPS) is 10.9. The highest BCUT2D eigenvalue weighted by Crippen LogP contribution is 2.24. The third kappa shape index (κ3) is 4.50. The van der Waals surface area contributed by atoms with Crippen molar-refractivity contribution < 1.29 is 19.2 Å². The van der Waals surface area contributed by atoms with Gasteiger partial charge >= 0.3 is 6.16 Å². The second kappa shape index (κ2) is 5.53. The highest BCUT2D eigenvalue weighted by Gasteiger charge is 2.19. The zero-order valence-corrected chi connectivity index (χ0v) is 11.9. The van der Waals surface area contributed by atoms with Crippen LogP contribution in [0, 0.1) is 6.92 Å². The van der Waals surface area contributed by atoms with Gasteiger partial charge in [0.15, 0.2) is 0 Å². The van der Waals surface area contributed by atoms with E-state index in [0.29, 0.717) is 10.6 Å². The predicted molar refractivity (Wildman–Crippen MR) is 68.0 cm³/mol. The second-order valence-electron chi connectivity index (χ2n) is 4.38. The van der Waals surface area contributed by atoms with Gasteiger partial charge in [0, 0.05) is 0 Å². The summed E-state index contributed by atoms with van der Waals surface area (Å²) in [6.07, 6.45) is -0.880. The Morgan fingerprint density at radius 1 is 1.39 bits per heavy atom. The SMILES string of the molecule is Cc1nc(NOC(=O)OC(C)(C)C)sc1C(=O)Cl. The molecule has 1 aromatic rings. The number of carbonyl (C=O) groups is 2. The summed E-state index contributed by atoms with van der Waals surface area (Å²) >= 11 is 6.33. The van der Waals surface area contributed by atoms with Gasteiger partial charge in [-0.25, -0.2) is 9.78 Å². The molecule has 0 saturated carbocycles. The van der Waals surface area contributed by atoms with Crippen molar-refractivity contribution in [1.29, 1.82) is 0 Å². The van der Waals surface area contributed by atoms with E-state index in [-0.39, 0.29) is 5.13 Å². The fourth-order valence-corrected chi connectivity index (χ4v) is 1.96. The Kier molecular flexibility index (Phi) is 4.53. The van der Waals surface area contributed by atoms with Gasteiger partial charge in [0.25, 0.3) is 5.24 Å². The fraction of sp³-hybridized carbons (Fsp3) is 0.500. The van der Waals surface area contributed by atoms with E-state index in [1.807, 2.05) is 0 Å². The Morgan fingerprint density at radius 3 is 2.44 bits per heavy atom. The van der Waals surface area contributed by atoms with Crippen LogP contribution < -0.4 is 5.48 Å². The third-order valence-corrected chi connectivity index (χ3v) is 2.94. The van der Waals surface area contributed by atoms with Crippen LogP contribution in [0.1, 0.15) is 36.1 Å². The molecule has 0 aliphatic carbocycles. The highest BCUT2D eigenvalue weighted by molar-refractivity contribution is 7.19. The van der Waals surface area contributed by atoms with E-state index in [2.05, 4.69) is 15.3 Å². The number of aryl methyl sites for hydroxylation is 1. The molecule has 0 aliphatic heterocycles. The summed E-state index contributed by atoms with van der Waals surface area (Å²) in [5.41, 5.74) is 2.13. The summed E-state index contributed by atoms with van der Waals surface area (Å²) in [4.78, 5) is 31.1. The first-order valence-corrected chi connectivity index (χ1v) is 6.21. The van der Waals surface area contributed by atoms with E-state index >= 15 is 0 Å². The zero-order valence-electron chi connectivity index (χ0n) is 10.4. The smallest absolute Gasteiger partial charge is 0.427 e. The molecule has 8 heteroatoms. The average Bonchev–Trinajstić information content (AvgIpc) is 2.54. The summed E-state index contributed by atoms with van der Waals surface area (Å²) in [5, 5.41) is -0.349. The second-order valence-corrected chi connectivity index (χ2v) is 5.72. The molecule has 0 spiro atoms. The van der Waals surface area contributed by atoms with Gasteiger partial charge < -0.3 is 9.57 Å². The lowest BCUT2D eigenvalue weighted by molar-refractivity contribution is 0.00297. The molecule has 0 fully saturated rings. The molecule has 1 heterocycles. The van der Waals surface area contributed by atoms with Crippen molar-refractivity contribution in [1.82, 2.24) is 4.98 Å². The molecule has 1 rings (SSSR count). The van der Waals surface area contributed by atoms with Gasteiger partial charge in [0.1, 0.15) is 10.5 Å². The Morgan fingerprint density at radius 2 is 2.00 bits per heavy atom. The molecule has 0 saturated heterocycles. The van der Waals surface area contributed by atoms with Gasteiger partial charge in [-0.15, -0.1) is 0 Å². The number of hydrogen-bond acceptors (Lipinski definition) is 7. The molecule has 100 valence electrons. The molecule has 6 nitrogen and oxygen atoms in total.